The van der Waals surface area contributed by atoms with E-state index in [0.29, 0.717) is 0 Å². The Kier molecular flexibility index (Phi) is 4.45. The molecule has 2 atom stereocenters. The number of hydrogen-bond donors (Lipinski definition) is 5. The number of benzene rings is 1. The van der Waals surface area contributed by atoms with Gasteiger partial charge in [0.25, 0.3) is 0 Å². The second-order valence-corrected chi connectivity index (χ2v) is 3.71. The Balaban J connectivity index is 3.13. The third kappa shape index (κ3) is 2.94. The first-order chi connectivity index (χ1) is 7.99. The molecule has 0 aliphatic rings. The molecule has 17 heavy (non-hydrogen) atoms. The van der Waals surface area contributed by atoms with Gasteiger partial charge in [0.2, 0.25) is 0 Å². The van der Waals surface area contributed by atoms with Gasteiger partial charge in [-0.05, 0) is 24.6 Å². The van der Waals surface area contributed by atoms with Crippen molar-refractivity contribution in [2.24, 2.45) is 5.73 Å². The molecule has 0 radical (unpaired) electrons. The van der Waals surface area contributed by atoms with Gasteiger partial charge in [-0.3, -0.25) is 0 Å². The molecule has 1 aromatic carbocycles. The van der Waals surface area contributed by atoms with Gasteiger partial charge in [0, 0.05) is 5.69 Å². The van der Waals surface area contributed by atoms with Gasteiger partial charge < -0.3 is 26.8 Å². The van der Waals surface area contributed by atoms with Crippen LogP contribution in [0.15, 0.2) is 18.2 Å². The van der Waals surface area contributed by atoms with Crippen molar-refractivity contribution in [1.82, 2.24) is 0 Å². The van der Waals surface area contributed by atoms with Crippen LogP contribution < -0.4 is 11.5 Å². The van der Waals surface area contributed by atoms with Gasteiger partial charge in [-0.2, -0.15) is 0 Å². The number of carboxylic acid groups (broad SMARTS) is 1. The average Bonchev–Trinajstić information content (AvgIpc) is 2.27. The van der Waals surface area contributed by atoms with Crippen molar-refractivity contribution in [2.75, 3.05) is 12.3 Å². The molecule has 7 N–H and O–H groups in total. The van der Waals surface area contributed by atoms with E-state index in [4.69, 9.17) is 16.6 Å². The van der Waals surface area contributed by atoms with Crippen molar-refractivity contribution in [3.05, 3.63) is 29.3 Å². The molecule has 6 heteroatoms. The van der Waals surface area contributed by atoms with Gasteiger partial charge in [0.1, 0.15) is 6.10 Å². The summed E-state index contributed by atoms with van der Waals surface area (Å²) in [5.41, 5.74) is 10.8. The van der Waals surface area contributed by atoms with Crippen molar-refractivity contribution in [3.8, 4) is 0 Å². The summed E-state index contributed by atoms with van der Waals surface area (Å²) in [6, 6.07) is 4.37. The monoisotopic (exact) mass is 240 g/mol. The molecule has 0 aliphatic heterocycles. The van der Waals surface area contributed by atoms with Gasteiger partial charge in [-0.15, -0.1) is 0 Å². The Morgan fingerprint density at radius 1 is 1.35 bits per heavy atom. The molecule has 0 heterocycles. The van der Waals surface area contributed by atoms with E-state index >= 15 is 0 Å². The maximum absolute atomic E-state index is 11.0. The number of anilines is 1. The summed E-state index contributed by atoms with van der Waals surface area (Å²) < 4.78 is 0. The Hall–Kier alpha value is -1.63. The first kappa shape index (κ1) is 13.4. The van der Waals surface area contributed by atoms with Crippen molar-refractivity contribution in [3.63, 3.8) is 0 Å². The van der Waals surface area contributed by atoms with Crippen molar-refractivity contribution >= 4 is 11.7 Å². The molecule has 6 nitrogen and oxygen atoms in total. The first-order valence-electron chi connectivity index (χ1n) is 5.17. The first-order valence-corrected chi connectivity index (χ1v) is 5.17. The molecule has 0 aliphatic carbocycles. The summed E-state index contributed by atoms with van der Waals surface area (Å²) in [5, 5.41) is 28.5. The molecule has 1 rings (SSSR count). The third-order valence-corrected chi connectivity index (χ3v) is 2.49. The number of aliphatic hydroxyl groups is 2. The number of nitrogens with two attached hydrogens (primary N) is 2. The van der Waals surface area contributed by atoms with E-state index in [-0.39, 0.29) is 29.8 Å². The lowest BCUT2D eigenvalue weighted by Gasteiger charge is -2.19. The summed E-state index contributed by atoms with van der Waals surface area (Å²) >= 11 is 0. The Labute approximate surface area is 98.5 Å². The second-order valence-electron chi connectivity index (χ2n) is 3.71. The predicted octanol–water partition coefficient (Wildman–Crippen LogP) is -0.290. The Bertz CT molecular complexity index is 408. The molecule has 0 bridgehead atoms. The molecular weight excluding hydrogens is 224 g/mol. The van der Waals surface area contributed by atoms with Crippen LogP contribution >= 0.6 is 0 Å². The highest BCUT2D eigenvalue weighted by atomic mass is 16.4. The van der Waals surface area contributed by atoms with E-state index in [0.717, 1.165) is 0 Å². The van der Waals surface area contributed by atoms with Crippen molar-refractivity contribution in [1.29, 1.82) is 0 Å². The number of rotatable bonds is 5. The zero-order valence-electron chi connectivity index (χ0n) is 9.21. The Morgan fingerprint density at radius 2 is 2.00 bits per heavy atom. The molecule has 0 aromatic heterocycles. The normalized spacial score (nSPS) is 14.3. The van der Waals surface area contributed by atoms with Crippen LogP contribution in [0.2, 0.25) is 0 Å². The number of carboxylic acids is 1. The number of aromatic carboxylic acids is 1. The van der Waals surface area contributed by atoms with Crippen LogP contribution in [0, 0.1) is 0 Å². The van der Waals surface area contributed by atoms with Gasteiger partial charge in [-0.25, -0.2) is 4.79 Å². The molecule has 0 spiro atoms. The molecule has 0 saturated carbocycles. The SMILES string of the molecule is NCCC(O)C(O)c1cccc(N)c1C(=O)O. The minimum absolute atomic E-state index is 0.0500. The van der Waals surface area contributed by atoms with Crippen LogP contribution in [-0.4, -0.2) is 33.9 Å². The van der Waals surface area contributed by atoms with Crippen LogP contribution in [-0.2, 0) is 0 Å². The van der Waals surface area contributed by atoms with Gasteiger partial charge in [0.05, 0.1) is 11.7 Å². The maximum atomic E-state index is 11.0. The Morgan fingerprint density at radius 3 is 2.53 bits per heavy atom. The van der Waals surface area contributed by atoms with Crippen LogP contribution in [0.5, 0.6) is 0 Å². The molecular formula is C11H16N2O4. The summed E-state index contributed by atoms with van der Waals surface area (Å²) in [4.78, 5) is 11.0. The fourth-order valence-electron chi connectivity index (χ4n) is 1.62. The van der Waals surface area contributed by atoms with Gasteiger partial charge in [0.15, 0.2) is 0 Å². The van der Waals surface area contributed by atoms with Crippen LogP contribution in [0.4, 0.5) is 5.69 Å². The minimum Gasteiger partial charge on any atom is -0.478 e. The largest absolute Gasteiger partial charge is 0.478 e. The average molecular weight is 240 g/mol. The molecule has 0 fully saturated rings. The second kappa shape index (κ2) is 5.62. The summed E-state index contributed by atoms with van der Waals surface area (Å²) in [7, 11) is 0. The van der Waals surface area contributed by atoms with Crippen molar-refractivity contribution < 1.29 is 20.1 Å². The van der Waals surface area contributed by atoms with Gasteiger partial charge >= 0.3 is 5.97 Å². The maximum Gasteiger partial charge on any atom is 0.338 e. The summed E-state index contributed by atoms with van der Waals surface area (Å²) in [6.07, 6.45) is -2.25. The van der Waals surface area contributed by atoms with E-state index < -0.39 is 18.2 Å². The zero-order valence-corrected chi connectivity index (χ0v) is 9.21. The van der Waals surface area contributed by atoms with E-state index in [1.54, 1.807) is 0 Å². The minimum atomic E-state index is -1.31. The lowest BCUT2D eigenvalue weighted by Crippen LogP contribution is -2.24. The van der Waals surface area contributed by atoms with Crippen LogP contribution in [0.3, 0.4) is 0 Å². The molecule has 2 unspecified atom stereocenters. The fourth-order valence-corrected chi connectivity index (χ4v) is 1.62. The van der Waals surface area contributed by atoms with E-state index in [1.807, 2.05) is 0 Å². The number of carbonyl (C=O) groups is 1. The van der Waals surface area contributed by atoms with Crippen LogP contribution in [0.25, 0.3) is 0 Å². The standard InChI is InChI=1S/C11H16N2O4/c12-5-4-8(14)10(15)6-2-1-3-7(13)9(6)11(16)17/h1-3,8,10,14-15H,4-5,12-13H2,(H,16,17). The van der Waals surface area contributed by atoms with Crippen LogP contribution in [0.1, 0.15) is 28.4 Å². The zero-order chi connectivity index (χ0) is 13.0. The fraction of sp³-hybridized carbons (Fsp3) is 0.364. The van der Waals surface area contributed by atoms with Gasteiger partial charge in [-0.1, -0.05) is 12.1 Å². The lowest BCUT2D eigenvalue weighted by molar-refractivity contribution is 0.0141. The predicted molar refractivity (Wildman–Crippen MR) is 62.5 cm³/mol. The van der Waals surface area contributed by atoms with E-state index in [1.165, 1.54) is 18.2 Å². The lowest BCUT2D eigenvalue weighted by atomic mass is 9.96. The number of nitrogen functional groups attached to an aromatic ring is 1. The molecule has 1 aromatic rings. The van der Waals surface area contributed by atoms with Crippen molar-refractivity contribution in [2.45, 2.75) is 18.6 Å². The molecule has 94 valence electrons. The number of hydrogen-bond acceptors (Lipinski definition) is 5. The highest BCUT2D eigenvalue weighted by molar-refractivity contribution is 5.95. The topological polar surface area (TPSA) is 130 Å². The summed E-state index contributed by atoms with van der Waals surface area (Å²) in [5.74, 6) is -1.24. The smallest absolute Gasteiger partial charge is 0.338 e. The highest BCUT2D eigenvalue weighted by Crippen LogP contribution is 2.26. The molecule has 0 saturated heterocycles. The van der Waals surface area contributed by atoms with E-state index in [9.17, 15) is 15.0 Å². The quantitative estimate of drug-likeness (QED) is 0.450. The van der Waals surface area contributed by atoms with E-state index in [2.05, 4.69) is 0 Å². The number of aliphatic hydroxyl groups excluding tert-OH is 2. The summed E-state index contributed by atoms with van der Waals surface area (Å²) in [6.45, 7) is 0.197. The third-order valence-electron chi connectivity index (χ3n) is 2.49. The molecule has 0 amide bonds. The highest BCUT2D eigenvalue weighted by Gasteiger charge is 2.24.